The van der Waals surface area contributed by atoms with Gasteiger partial charge in [0, 0.05) is 13.1 Å². The van der Waals surface area contributed by atoms with Gasteiger partial charge in [-0.2, -0.15) is 5.10 Å². The van der Waals surface area contributed by atoms with Crippen LogP contribution < -0.4 is 5.73 Å². The van der Waals surface area contributed by atoms with Crippen LogP contribution in [-0.2, 0) is 13.5 Å². The molecule has 0 saturated heterocycles. The van der Waals surface area contributed by atoms with E-state index < -0.39 is 0 Å². The van der Waals surface area contributed by atoms with Crippen LogP contribution in [0, 0.1) is 0 Å². The molecular formula is C13H23N5. The molecule has 0 spiro atoms. The van der Waals surface area contributed by atoms with Gasteiger partial charge in [0.25, 0.3) is 0 Å². The summed E-state index contributed by atoms with van der Waals surface area (Å²) in [5.74, 6) is 0.619. The molecular weight excluding hydrogens is 226 g/mol. The lowest BCUT2D eigenvalue weighted by Gasteiger charge is -2.18. The van der Waals surface area contributed by atoms with E-state index in [0.717, 1.165) is 42.5 Å². The van der Waals surface area contributed by atoms with Gasteiger partial charge < -0.3 is 5.73 Å². The number of aromatic nitrogens is 4. The topological polar surface area (TPSA) is 61.7 Å². The largest absolute Gasteiger partial charge is 0.369 e. The summed E-state index contributed by atoms with van der Waals surface area (Å²) in [4.78, 5) is 4.51. The number of hydrogen-bond acceptors (Lipinski definition) is 3. The number of fused-ring (bicyclic) bond motifs is 1. The fourth-order valence-corrected chi connectivity index (χ4v) is 2.67. The minimum atomic E-state index is 0.417. The Labute approximate surface area is 108 Å². The number of anilines is 1. The van der Waals surface area contributed by atoms with Gasteiger partial charge in [0.2, 0.25) is 5.95 Å². The van der Waals surface area contributed by atoms with Crippen molar-refractivity contribution < 1.29 is 0 Å². The van der Waals surface area contributed by atoms with Crippen LogP contribution in [0.3, 0.4) is 0 Å². The second-order valence-corrected chi connectivity index (χ2v) is 4.79. The van der Waals surface area contributed by atoms with Crippen molar-refractivity contribution in [3.05, 3.63) is 5.69 Å². The highest BCUT2D eigenvalue weighted by molar-refractivity contribution is 5.78. The van der Waals surface area contributed by atoms with E-state index in [2.05, 4.69) is 35.4 Å². The van der Waals surface area contributed by atoms with Crippen LogP contribution in [0.25, 0.3) is 11.2 Å². The van der Waals surface area contributed by atoms with E-state index in [-0.39, 0.29) is 0 Å². The Kier molecular flexibility index (Phi) is 3.59. The van der Waals surface area contributed by atoms with Crippen LogP contribution in [0.4, 0.5) is 5.95 Å². The molecule has 2 heterocycles. The standard InChI is InChI=1S/C13H23N5/c1-5-8-9(6-2)18-12-11(15-13(18)14)10(7-3)16-17(12)4/h9H,5-8H2,1-4H3,(H2,14,15). The normalized spacial score (nSPS) is 13.3. The molecule has 0 aromatic carbocycles. The van der Waals surface area contributed by atoms with E-state index in [1.807, 2.05) is 11.7 Å². The summed E-state index contributed by atoms with van der Waals surface area (Å²) in [6, 6.07) is 0.417. The minimum Gasteiger partial charge on any atom is -0.369 e. The third-order valence-corrected chi connectivity index (χ3v) is 3.56. The maximum Gasteiger partial charge on any atom is 0.202 e. The summed E-state index contributed by atoms with van der Waals surface area (Å²) in [5.41, 5.74) is 9.16. The second kappa shape index (κ2) is 5.00. The third-order valence-electron chi connectivity index (χ3n) is 3.56. The number of nitrogen functional groups attached to an aromatic ring is 1. The van der Waals surface area contributed by atoms with Crippen molar-refractivity contribution in [2.45, 2.75) is 52.5 Å². The minimum absolute atomic E-state index is 0.417. The molecule has 0 saturated carbocycles. The van der Waals surface area contributed by atoms with Crippen molar-refractivity contribution in [2.75, 3.05) is 5.73 Å². The lowest BCUT2D eigenvalue weighted by atomic mass is 10.1. The first kappa shape index (κ1) is 12.9. The van der Waals surface area contributed by atoms with Crippen LogP contribution in [-0.4, -0.2) is 19.3 Å². The van der Waals surface area contributed by atoms with Gasteiger partial charge in [0.05, 0.1) is 5.69 Å². The Morgan fingerprint density at radius 1 is 1.28 bits per heavy atom. The molecule has 2 aromatic rings. The lowest BCUT2D eigenvalue weighted by molar-refractivity contribution is 0.456. The first-order chi connectivity index (χ1) is 8.63. The summed E-state index contributed by atoms with van der Waals surface area (Å²) in [7, 11) is 1.97. The van der Waals surface area contributed by atoms with Crippen LogP contribution in [0.2, 0.25) is 0 Å². The Morgan fingerprint density at radius 2 is 2.00 bits per heavy atom. The first-order valence-electron chi connectivity index (χ1n) is 6.83. The Morgan fingerprint density at radius 3 is 2.56 bits per heavy atom. The molecule has 0 amide bonds. The predicted octanol–water partition coefficient (Wildman–Crippen LogP) is 2.67. The highest BCUT2D eigenvalue weighted by Crippen LogP contribution is 2.29. The fraction of sp³-hybridized carbons (Fsp3) is 0.692. The van der Waals surface area contributed by atoms with Crippen LogP contribution in [0.5, 0.6) is 0 Å². The summed E-state index contributed by atoms with van der Waals surface area (Å²) < 4.78 is 4.07. The summed E-state index contributed by atoms with van der Waals surface area (Å²) in [5, 5.41) is 4.52. The van der Waals surface area contributed by atoms with Gasteiger partial charge in [0.1, 0.15) is 5.52 Å². The number of aryl methyl sites for hydroxylation is 2. The molecule has 1 atom stereocenters. The average molecular weight is 249 g/mol. The van der Waals surface area contributed by atoms with Gasteiger partial charge in [0.15, 0.2) is 5.65 Å². The monoisotopic (exact) mass is 249 g/mol. The van der Waals surface area contributed by atoms with Gasteiger partial charge in [-0.05, 0) is 19.3 Å². The smallest absolute Gasteiger partial charge is 0.202 e. The molecule has 0 aliphatic carbocycles. The molecule has 0 radical (unpaired) electrons. The number of nitrogens with two attached hydrogens (primary N) is 1. The molecule has 0 fully saturated rings. The van der Waals surface area contributed by atoms with E-state index in [9.17, 15) is 0 Å². The average Bonchev–Trinajstić information content (AvgIpc) is 2.84. The molecule has 0 aliphatic heterocycles. The Hall–Kier alpha value is -1.52. The zero-order valence-corrected chi connectivity index (χ0v) is 11.8. The Balaban J connectivity index is 2.62. The van der Waals surface area contributed by atoms with E-state index in [0.29, 0.717) is 12.0 Å². The predicted molar refractivity (Wildman–Crippen MR) is 74.5 cm³/mol. The van der Waals surface area contributed by atoms with Crippen LogP contribution in [0.1, 0.15) is 51.8 Å². The van der Waals surface area contributed by atoms with Crippen LogP contribution in [0.15, 0.2) is 0 Å². The van der Waals surface area contributed by atoms with Crippen LogP contribution >= 0.6 is 0 Å². The van der Waals surface area contributed by atoms with Gasteiger partial charge in [-0.1, -0.05) is 27.2 Å². The highest BCUT2D eigenvalue weighted by atomic mass is 15.4. The second-order valence-electron chi connectivity index (χ2n) is 4.79. The van der Waals surface area contributed by atoms with Gasteiger partial charge in [-0.25, -0.2) is 4.98 Å². The molecule has 5 nitrogen and oxygen atoms in total. The molecule has 5 heteroatoms. The molecule has 2 rings (SSSR count). The zero-order chi connectivity index (χ0) is 13.3. The maximum absolute atomic E-state index is 6.11. The highest BCUT2D eigenvalue weighted by Gasteiger charge is 2.21. The zero-order valence-electron chi connectivity index (χ0n) is 11.8. The van der Waals surface area contributed by atoms with E-state index >= 15 is 0 Å². The molecule has 100 valence electrons. The maximum atomic E-state index is 6.11. The van der Waals surface area contributed by atoms with Gasteiger partial charge in [-0.3, -0.25) is 9.25 Å². The molecule has 0 aliphatic rings. The van der Waals surface area contributed by atoms with Crippen molar-refractivity contribution in [2.24, 2.45) is 7.05 Å². The van der Waals surface area contributed by atoms with E-state index in [1.54, 1.807) is 0 Å². The van der Waals surface area contributed by atoms with Crippen molar-refractivity contribution in [1.29, 1.82) is 0 Å². The molecule has 18 heavy (non-hydrogen) atoms. The number of imidazole rings is 1. The number of rotatable bonds is 5. The Bertz CT molecular complexity index is 537. The van der Waals surface area contributed by atoms with Crippen molar-refractivity contribution in [3.63, 3.8) is 0 Å². The molecule has 1 unspecified atom stereocenters. The molecule has 0 bridgehead atoms. The molecule has 2 N–H and O–H groups in total. The third kappa shape index (κ3) is 1.87. The van der Waals surface area contributed by atoms with E-state index in [1.165, 1.54) is 0 Å². The van der Waals surface area contributed by atoms with Gasteiger partial charge in [-0.15, -0.1) is 0 Å². The van der Waals surface area contributed by atoms with Crippen molar-refractivity contribution >= 4 is 17.1 Å². The van der Waals surface area contributed by atoms with E-state index in [4.69, 9.17) is 5.73 Å². The van der Waals surface area contributed by atoms with Crippen molar-refractivity contribution in [1.82, 2.24) is 19.3 Å². The molecule has 2 aromatic heterocycles. The SMILES string of the molecule is CCCC(CC)n1c(N)nc2c(CC)nn(C)c21. The van der Waals surface area contributed by atoms with Crippen molar-refractivity contribution in [3.8, 4) is 0 Å². The summed E-state index contributed by atoms with van der Waals surface area (Å²) >= 11 is 0. The lowest BCUT2D eigenvalue weighted by Crippen LogP contribution is -2.13. The number of hydrogen-bond donors (Lipinski definition) is 1. The summed E-state index contributed by atoms with van der Waals surface area (Å²) in [6.45, 7) is 6.50. The summed E-state index contributed by atoms with van der Waals surface area (Å²) in [6.07, 6.45) is 4.23. The quantitative estimate of drug-likeness (QED) is 0.886. The van der Waals surface area contributed by atoms with Gasteiger partial charge >= 0.3 is 0 Å². The first-order valence-corrected chi connectivity index (χ1v) is 6.83. The number of nitrogens with zero attached hydrogens (tertiary/aromatic N) is 4. The fourth-order valence-electron chi connectivity index (χ4n) is 2.67.